The van der Waals surface area contributed by atoms with Crippen molar-refractivity contribution < 1.29 is 4.79 Å². The molecule has 0 aliphatic rings. The lowest BCUT2D eigenvalue weighted by Crippen LogP contribution is -1.94. The van der Waals surface area contributed by atoms with Gasteiger partial charge in [0, 0.05) is 5.57 Å². The van der Waals surface area contributed by atoms with E-state index in [9.17, 15) is 4.79 Å². The van der Waals surface area contributed by atoms with E-state index in [1.807, 2.05) is 27.7 Å². The van der Waals surface area contributed by atoms with Crippen LogP contribution in [0.25, 0.3) is 0 Å². The zero-order chi connectivity index (χ0) is 16.1. The molecule has 0 aromatic rings. The van der Waals surface area contributed by atoms with Crippen LogP contribution in [0.5, 0.6) is 0 Å². The summed E-state index contributed by atoms with van der Waals surface area (Å²) in [6.07, 6.45) is 2.84. The first-order valence-electron chi connectivity index (χ1n) is 6.39. The Morgan fingerprint density at radius 1 is 1.06 bits per heavy atom. The number of allylic oxidation sites excluding steroid dienone is 3. The number of ketones is 1. The summed E-state index contributed by atoms with van der Waals surface area (Å²) in [6.45, 7) is 23.1. The summed E-state index contributed by atoms with van der Waals surface area (Å²) in [6, 6.07) is 0. The largest absolute Gasteiger partial charge is 0.333 e. The van der Waals surface area contributed by atoms with Crippen molar-refractivity contribution in [3.05, 3.63) is 37.0 Å². The Morgan fingerprint density at radius 3 is 1.28 bits per heavy atom. The van der Waals surface area contributed by atoms with Gasteiger partial charge in [0.1, 0.15) is 0 Å². The van der Waals surface area contributed by atoms with Crippen molar-refractivity contribution in [1.29, 1.82) is 0 Å². The molecule has 0 atom stereocenters. The Morgan fingerprint density at radius 2 is 1.28 bits per heavy atom. The molecule has 0 fully saturated rings. The third-order valence-electron chi connectivity index (χ3n) is 1.12. The smallest absolute Gasteiger partial charge is 0.159 e. The van der Waals surface area contributed by atoms with Crippen LogP contribution < -0.4 is 5.73 Å². The molecule has 0 heterocycles. The Kier molecular flexibility index (Phi) is 60.3. The van der Waals surface area contributed by atoms with Gasteiger partial charge in [0.05, 0.1) is 0 Å². The zero-order valence-electron chi connectivity index (χ0n) is 13.9. The van der Waals surface area contributed by atoms with Crippen LogP contribution in [0.4, 0.5) is 0 Å². The molecule has 0 aliphatic carbocycles. The molecular formula is C16H35NO. The SMILES string of the molecule is C=C.C=CC(C(C)=O)=C(C)C.CC.CCC.CN. The first-order valence-corrected chi connectivity index (χ1v) is 6.39. The number of nitrogens with two attached hydrogens (primary N) is 1. The molecule has 0 aliphatic heterocycles. The Labute approximate surface area is 116 Å². The minimum atomic E-state index is 0.0880. The van der Waals surface area contributed by atoms with Gasteiger partial charge in [-0.15, -0.1) is 13.2 Å². The maximum Gasteiger partial charge on any atom is 0.159 e. The summed E-state index contributed by atoms with van der Waals surface area (Å²) in [7, 11) is 1.50. The fourth-order valence-electron chi connectivity index (χ4n) is 0.700. The maximum absolute atomic E-state index is 10.7. The van der Waals surface area contributed by atoms with Gasteiger partial charge < -0.3 is 5.73 Å². The number of Topliss-reactive ketones (excluding diaryl/α,β-unsaturated/α-hetero) is 1. The molecule has 2 heteroatoms. The monoisotopic (exact) mass is 257 g/mol. The molecule has 0 amide bonds. The van der Waals surface area contributed by atoms with E-state index in [0.29, 0.717) is 0 Å². The number of hydrogen-bond donors (Lipinski definition) is 1. The molecule has 110 valence electrons. The number of carbonyl (C=O) groups excluding carboxylic acids is 1. The van der Waals surface area contributed by atoms with E-state index in [-0.39, 0.29) is 5.78 Å². The van der Waals surface area contributed by atoms with Gasteiger partial charge in [0.15, 0.2) is 5.78 Å². The van der Waals surface area contributed by atoms with Gasteiger partial charge in [0.2, 0.25) is 0 Å². The normalized spacial score (nSPS) is 6.06. The molecule has 0 rings (SSSR count). The highest BCUT2D eigenvalue weighted by Crippen LogP contribution is 2.04. The lowest BCUT2D eigenvalue weighted by Gasteiger charge is -1.96. The molecule has 0 saturated heterocycles. The summed E-state index contributed by atoms with van der Waals surface area (Å²) in [4.78, 5) is 10.7. The van der Waals surface area contributed by atoms with Crippen LogP contribution in [-0.4, -0.2) is 12.8 Å². The van der Waals surface area contributed by atoms with E-state index in [4.69, 9.17) is 0 Å². The van der Waals surface area contributed by atoms with Gasteiger partial charge in [-0.25, -0.2) is 0 Å². The Hall–Kier alpha value is -1.15. The van der Waals surface area contributed by atoms with Crippen LogP contribution in [0.1, 0.15) is 54.9 Å². The Balaban J connectivity index is -0.0000000524. The first-order chi connectivity index (χ1) is 8.51. The fraction of sp³-hybridized carbons (Fsp3) is 0.562. The average molecular weight is 257 g/mol. The van der Waals surface area contributed by atoms with E-state index in [0.717, 1.165) is 11.1 Å². The molecule has 0 radical (unpaired) electrons. The van der Waals surface area contributed by atoms with Crippen molar-refractivity contribution in [2.24, 2.45) is 5.73 Å². The van der Waals surface area contributed by atoms with Gasteiger partial charge >= 0.3 is 0 Å². The summed E-state index contributed by atoms with van der Waals surface area (Å²) < 4.78 is 0. The van der Waals surface area contributed by atoms with Crippen molar-refractivity contribution in [1.82, 2.24) is 0 Å². The topological polar surface area (TPSA) is 43.1 Å². The van der Waals surface area contributed by atoms with Crippen LogP contribution in [-0.2, 0) is 4.79 Å². The maximum atomic E-state index is 10.7. The van der Waals surface area contributed by atoms with Crippen molar-refractivity contribution in [3.63, 3.8) is 0 Å². The molecule has 0 aromatic carbocycles. The Bertz CT molecular complexity index is 189. The molecule has 2 nitrogen and oxygen atoms in total. The number of rotatable bonds is 2. The van der Waals surface area contributed by atoms with Crippen LogP contribution in [0.2, 0.25) is 0 Å². The third kappa shape index (κ3) is 36.4. The van der Waals surface area contributed by atoms with Gasteiger partial charge in [-0.1, -0.05) is 52.3 Å². The molecule has 0 bridgehead atoms. The fourth-order valence-corrected chi connectivity index (χ4v) is 0.700. The molecular weight excluding hydrogens is 222 g/mol. The minimum absolute atomic E-state index is 0.0880. The number of carbonyl (C=O) groups is 1. The highest BCUT2D eigenvalue weighted by atomic mass is 16.1. The van der Waals surface area contributed by atoms with E-state index in [1.165, 1.54) is 13.5 Å². The molecule has 2 N–H and O–H groups in total. The van der Waals surface area contributed by atoms with Crippen LogP contribution in [0.15, 0.2) is 37.0 Å². The lowest BCUT2D eigenvalue weighted by molar-refractivity contribution is -0.113. The lowest BCUT2D eigenvalue weighted by atomic mass is 10.1. The van der Waals surface area contributed by atoms with E-state index in [1.54, 1.807) is 13.0 Å². The summed E-state index contributed by atoms with van der Waals surface area (Å²) in [5.41, 5.74) is 6.26. The third-order valence-corrected chi connectivity index (χ3v) is 1.12. The van der Waals surface area contributed by atoms with Crippen LogP contribution in [0.3, 0.4) is 0 Å². The van der Waals surface area contributed by atoms with Gasteiger partial charge in [-0.2, -0.15) is 0 Å². The average Bonchev–Trinajstić information content (AvgIpc) is 2.37. The van der Waals surface area contributed by atoms with E-state index < -0.39 is 0 Å². The van der Waals surface area contributed by atoms with E-state index in [2.05, 4.69) is 39.3 Å². The van der Waals surface area contributed by atoms with Crippen LogP contribution in [0, 0.1) is 0 Å². The van der Waals surface area contributed by atoms with Crippen molar-refractivity contribution >= 4 is 5.78 Å². The van der Waals surface area contributed by atoms with Gasteiger partial charge in [-0.3, -0.25) is 4.79 Å². The van der Waals surface area contributed by atoms with E-state index >= 15 is 0 Å². The molecule has 0 aromatic heterocycles. The summed E-state index contributed by atoms with van der Waals surface area (Å²) in [5, 5.41) is 0. The standard InChI is InChI=1S/C8H12O.C3H8.C2H6.C2H4.CH5N/c1-5-8(6(2)3)7(4)9;1-3-2;3*1-2/h5H,1H2,2-4H3;3H2,1-2H3;1-2H3;1-2H2;2H2,1H3. The highest BCUT2D eigenvalue weighted by Gasteiger charge is 1.98. The molecule has 0 saturated carbocycles. The summed E-state index contributed by atoms with van der Waals surface area (Å²) >= 11 is 0. The quantitative estimate of drug-likeness (QED) is 0.433. The van der Waals surface area contributed by atoms with Crippen molar-refractivity contribution in [2.45, 2.75) is 54.9 Å². The molecule has 0 spiro atoms. The van der Waals surface area contributed by atoms with Crippen molar-refractivity contribution in [3.8, 4) is 0 Å². The second-order valence-corrected chi connectivity index (χ2v) is 2.88. The molecule has 18 heavy (non-hydrogen) atoms. The highest BCUT2D eigenvalue weighted by molar-refractivity contribution is 5.96. The summed E-state index contributed by atoms with van der Waals surface area (Å²) in [5.74, 6) is 0.0880. The zero-order valence-corrected chi connectivity index (χ0v) is 13.9. The molecule has 0 unspecified atom stereocenters. The predicted molar refractivity (Wildman–Crippen MR) is 87.9 cm³/mol. The minimum Gasteiger partial charge on any atom is -0.333 e. The predicted octanol–water partition coefficient (Wildman–Crippen LogP) is 4.92. The second kappa shape index (κ2) is 36.0. The van der Waals surface area contributed by atoms with Crippen LogP contribution >= 0.6 is 0 Å². The number of hydrogen-bond acceptors (Lipinski definition) is 2. The van der Waals surface area contributed by atoms with Gasteiger partial charge in [-0.05, 0) is 27.8 Å². The van der Waals surface area contributed by atoms with Crippen molar-refractivity contribution in [2.75, 3.05) is 7.05 Å². The second-order valence-electron chi connectivity index (χ2n) is 2.88. The van der Waals surface area contributed by atoms with Gasteiger partial charge in [0.25, 0.3) is 0 Å². The first kappa shape index (κ1) is 30.1.